The second-order valence-corrected chi connectivity index (χ2v) is 8.51. The van der Waals surface area contributed by atoms with Gasteiger partial charge in [0.05, 0.1) is 23.6 Å². The summed E-state index contributed by atoms with van der Waals surface area (Å²) in [4.78, 5) is 20.7. The van der Waals surface area contributed by atoms with E-state index < -0.39 is 0 Å². The predicted molar refractivity (Wildman–Crippen MR) is 131 cm³/mol. The van der Waals surface area contributed by atoms with Gasteiger partial charge in [-0.05, 0) is 50.6 Å². The number of halogens is 2. The van der Waals surface area contributed by atoms with E-state index in [-0.39, 0.29) is 29.1 Å². The van der Waals surface area contributed by atoms with E-state index in [0.717, 1.165) is 11.4 Å². The van der Waals surface area contributed by atoms with Crippen LogP contribution in [0.2, 0.25) is 5.02 Å². The number of aromatic nitrogens is 2. The molecule has 3 aromatic rings. The predicted octanol–water partition coefficient (Wildman–Crippen LogP) is 5.11. The molecule has 178 valence electrons. The Bertz CT molecular complexity index is 1170. The zero-order valence-electron chi connectivity index (χ0n) is 19.0. The zero-order chi connectivity index (χ0) is 24.5. The molecule has 0 saturated heterocycles. The summed E-state index contributed by atoms with van der Waals surface area (Å²) < 4.78 is 25.3. The number of ether oxygens (including phenoxy) is 2. The third-order valence-corrected chi connectivity index (χ3v) is 5.49. The highest BCUT2D eigenvalue weighted by Crippen LogP contribution is 2.37. The molecule has 1 heterocycles. The number of aryl methyl sites for hydroxylation is 2. The minimum atomic E-state index is -0.363. The van der Waals surface area contributed by atoms with Gasteiger partial charge in [0.15, 0.2) is 16.7 Å². The number of amides is 1. The van der Waals surface area contributed by atoms with Crippen molar-refractivity contribution < 1.29 is 18.7 Å². The van der Waals surface area contributed by atoms with E-state index in [9.17, 15) is 9.18 Å². The summed E-state index contributed by atoms with van der Waals surface area (Å²) in [6.07, 6.45) is 1.45. The summed E-state index contributed by atoms with van der Waals surface area (Å²) in [5.74, 6) is 0.149. The Morgan fingerprint density at radius 1 is 1.18 bits per heavy atom. The molecule has 0 spiro atoms. The number of hydrazone groups is 1. The van der Waals surface area contributed by atoms with E-state index >= 15 is 0 Å². The second-order valence-electron chi connectivity index (χ2n) is 7.16. The molecular weight excluding hydrogens is 479 g/mol. The van der Waals surface area contributed by atoms with Crippen LogP contribution in [0.3, 0.4) is 0 Å². The van der Waals surface area contributed by atoms with Crippen LogP contribution < -0.4 is 14.9 Å². The van der Waals surface area contributed by atoms with Gasteiger partial charge in [-0.15, -0.1) is 0 Å². The average Bonchev–Trinajstić information content (AvgIpc) is 2.78. The van der Waals surface area contributed by atoms with Crippen molar-refractivity contribution in [2.75, 3.05) is 12.4 Å². The van der Waals surface area contributed by atoms with Crippen LogP contribution in [0.15, 0.2) is 52.7 Å². The van der Waals surface area contributed by atoms with E-state index in [1.807, 2.05) is 26.8 Å². The maximum Gasteiger partial charge on any atom is 0.250 e. The molecule has 0 saturated carbocycles. The number of carbonyl (C=O) groups excluding carboxylic acids is 1. The van der Waals surface area contributed by atoms with E-state index in [0.29, 0.717) is 34.4 Å². The second kappa shape index (κ2) is 12.3. The molecule has 1 amide bonds. The van der Waals surface area contributed by atoms with E-state index in [1.165, 1.54) is 24.0 Å². The lowest BCUT2D eigenvalue weighted by Gasteiger charge is -2.14. The monoisotopic (exact) mass is 502 g/mol. The van der Waals surface area contributed by atoms with Gasteiger partial charge < -0.3 is 9.47 Å². The SMILES string of the molecule is CCOc1cc(/C=N\NC(=O)CSc2nc(C)cc(C)n2)cc(Cl)c1OCc1ccccc1F. The molecule has 0 aliphatic rings. The van der Waals surface area contributed by atoms with Crippen molar-refractivity contribution in [2.24, 2.45) is 5.10 Å². The Kier molecular flexibility index (Phi) is 9.24. The first-order chi connectivity index (χ1) is 16.4. The molecule has 1 aromatic heterocycles. The van der Waals surface area contributed by atoms with Crippen LogP contribution in [0.4, 0.5) is 4.39 Å². The van der Waals surface area contributed by atoms with Crippen LogP contribution in [0.1, 0.15) is 29.4 Å². The van der Waals surface area contributed by atoms with E-state index in [4.69, 9.17) is 21.1 Å². The summed E-state index contributed by atoms with van der Waals surface area (Å²) in [5, 5.41) is 4.80. The van der Waals surface area contributed by atoms with Crippen molar-refractivity contribution >= 4 is 35.5 Å². The highest BCUT2D eigenvalue weighted by molar-refractivity contribution is 7.99. The minimum Gasteiger partial charge on any atom is -0.490 e. The molecule has 0 bridgehead atoms. The first-order valence-electron chi connectivity index (χ1n) is 10.4. The van der Waals surface area contributed by atoms with E-state index in [2.05, 4.69) is 20.5 Å². The minimum absolute atomic E-state index is 0.00218. The van der Waals surface area contributed by atoms with Crippen molar-refractivity contribution in [3.05, 3.63) is 75.8 Å². The largest absolute Gasteiger partial charge is 0.490 e. The van der Waals surface area contributed by atoms with Crippen molar-refractivity contribution in [3.63, 3.8) is 0 Å². The fourth-order valence-electron chi connectivity index (χ4n) is 2.93. The van der Waals surface area contributed by atoms with Crippen molar-refractivity contribution in [2.45, 2.75) is 32.5 Å². The van der Waals surface area contributed by atoms with Gasteiger partial charge in [0, 0.05) is 17.0 Å². The smallest absolute Gasteiger partial charge is 0.250 e. The number of hydrogen-bond donors (Lipinski definition) is 1. The van der Waals surface area contributed by atoms with Crippen LogP contribution in [0.25, 0.3) is 0 Å². The van der Waals surface area contributed by atoms with Gasteiger partial charge in [-0.1, -0.05) is 41.6 Å². The van der Waals surface area contributed by atoms with Crippen molar-refractivity contribution in [1.29, 1.82) is 0 Å². The fourth-order valence-corrected chi connectivity index (χ4v) is 3.95. The zero-order valence-corrected chi connectivity index (χ0v) is 20.5. The molecular formula is C24H24ClFN4O3S. The van der Waals surface area contributed by atoms with Crippen LogP contribution in [0, 0.1) is 19.7 Å². The highest BCUT2D eigenvalue weighted by atomic mass is 35.5. The van der Waals surface area contributed by atoms with Crippen LogP contribution in [-0.4, -0.2) is 34.4 Å². The summed E-state index contributed by atoms with van der Waals surface area (Å²) in [5.41, 5.74) is 5.15. The Morgan fingerprint density at radius 2 is 1.91 bits per heavy atom. The summed E-state index contributed by atoms with van der Waals surface area (Å²) in [7, 11) is 0. The maximum absolute atomic E-state index is 13.9. The lowest BCUT2D eigenvalue weighted by Crippen LogP contribution is -2.19. The molecule has 0 unspecified atom stereocenters. The van der Waals surface area contributed by atoms with Gasteiger partial charge in [-0.3, -0.25) is 4.79 Å². The van der Waals surface area contributed by atoms with Crippen molar-refractivity contribution in [1.82, 2.24) is 15.4 Å². The molecule has 0 radical (unpaired) electrons. The maximum atomic E-state index is 13.9. The first kappa shape index (κ1) is 25.5. The summed E-state index contributed by atoms with van der Waals surface area (Å²) in [6, 6.07) is 11.5. The molecule has 3 rings (SSSR count). The third kappa shape index (κ3) is 7.43. The van der Waals surface area contributed by atoms with Gasteiger partial charge >= 0.3 is 0 Å². The van der Waals surface area contributed by atoms with Gasteiger partial charge in [0.25, 0.3) is 5.91 Å². The third-order valence-electron chi connectivity index (χ3n) is 4.36. The Labute approximate surface area is 206 Å². The number of thioether (sulfide) groups is 1. The quantitative estimate of drug-likeness (QED) is 0.179. The van der Waals surface area contributed by atoms with Crippen LogP contribution in [-0.2, 0) is 11.4 Å². The fraction of sp³-hybridized carbons (Fsp3) is 0.250. The lowest BCUT2D eigenvalue weighted by atomic mass is 10.2. The van der Waals surface area contributed by atoms with Crippen LogP contribution in [0.5, 0.6) is 11.5 Å². The topological polar surface area (TPSA) is 85.7 Å². The summed E-state index contributed by atoms with van der Waals surface area (Å²) in [6.45, 7) is 5.95. The number of benzene rings is 2. The number of carbonyl (C=O) groups is 1. The Balaban J connectivity index is 1.62. The molecule has 1 N–H and O–H groups in total. The Morgan fingerprint density at radius 3 is 2.62 bits per heavy atom. The van der Waals surface area contributed by atoms with Gasteiger partial charge in [-0.25, -0.2) is 19.8 Å². The molecule has 7 nitrogen and oxygen atoms in total. The molecule has 2 aromatic carbocycles. The number of nitrogens with one attached hydrogen (secondary N) is 1. The van der Waals surface area contributed by atoms with E-state index in [1.54, 1.807) is 30.3 Å². The molecule has 0 aliphatic heterocycles. The first-order valence-corrected chi connectivity index (χ1v) is 11.8. The average molecular weight is 503 g/mol. The molecule has 34 heavy (non-hydrogen) atoms. The van der Waals surface area contributed by atoms with Crippen molar-refractivity contribution in [3.8, 4) is 11.5 Å². The molecule has 0 atom stereocenters. The lowest BCUT2D eigenvalue weighted by molar-refractivity contribution is -0.118. The number of nitrogens with zero attached hydrogens (tertiary/aromatic N) is 3. The Hall–Kier alpha value is -3.17. The standard InChI is InChI=1S/C24H24ClFN4O3S/c1-4-32-21-11-17(10-19(25)23(21)33-13-18-7-5-6-8-20(18)26)12-27-30-22(31)14-34-24-28-15(2)9-16(3)29-24/h5-12H,4,13-14H2,1-3H3,(H,30,31)/b27-12-. The molecule has 10 heteroatoms. The number of hydrogen-bond acceptors (Lipinski definition) is 7. The molecule has 0 aliphatic carbocycles. The summed E-state index contributed by atoms with van der Waals surface area (Å²) >= 11 is 7.62. The molecule has 0 fully saturated rings. The van der Waals surface area contributed by atoms with Crippen LogP contribution >= 0.6 is 23.4 Å². The van der Waals surface area contributed by atoms with Gasteiger partial charge in [0.1, 0.15) is 12.4 Å². The number of rotatable bonds is 10. The normalized spacial score (nSPS) is 11.0. The van der Waals surface area contributed by atoms with Gasteiger partial charge in [0.2, 0.25) is 0 Å². The highest BCUT2D eigenvalue weighted by Gasteiger charge is 2.14. The van der Waals surface area contributed by atoms with Gasteiger partial charge in [-0.2, -0.15) is 5.10 Å².